The van der Waals surface area contributed by atoms with Crippen molar-refractivity contribution < 1.29 is 9.18 Å². The van der Waals surface area contributed by atoms with Crippen LogP contribution < -0.4 is 10.5 Å². The van der Waals surface area contributed by atoms with Gasteiger partial charge in [0.1, 0.15) is 16.5 Å². The number of hydrogen-bond acceptors (Lipinski definition) is 5. The van der Waals surface area contributed by atoms with Crippen molar-refractivity contribution in [3.8, 4) is 0 Å². The summed E-state index contributed by atoms with van der Waals surface area (Å²) in [6, 6.07) is 6.46. The van der Waals surface area contributed by atoms with Gasteiger partial charge < -0.3 is 9.80 Å². The predicted molar refractivity (Wildman–Crippen MR) is 121 cm³/mol. The number of piperazine rings is 1. The molecule has 5 rings (SSSR count). The molecule has 6 nitrogen and oxygen atoms in total. The fourth-order valence-electron chi connectivity index (χ4n) is 4.58. The summed E-state index contributed by atoms with van der Waals surface area (Å²) in [6.45, 7) is 5.14. The van der Waals surface area contributed by atoms with Crippen molar-refractivity contribution in [2.45, 2.75) is 39.2 Å². The van der Waals surface area contributed by atoms with Crippen molar-refractivity contribution >= 4 is 33.1 Å². The number of halogens is 1. The Balaban J connectivity index is 1.39. The summed E-state index contributed by atoms with van der Waals surface area (Å²) < 4.78 is 15.0. The molecule has 31 heavy (non-hydrogen) atoms. The molecule has 4 heterocycles. The van der Waals surface area contributed by atoms with E-state index in [1.807, 2.05) is 16.4 Å². The zero-order valence-electron chi connectivity index (χ0n) is 17.6. The molecule has 162 valence electrons. The van der Waals surface area contributed by atoms with Crippen LogP contribution in [0.1, 0.15) is 40.3 Å². The first-order chi connectivity index (χ1) is 15.0. The normalized spacial score (nSPS) is 17.0. The first-order valence-corrected chi connectivity index (χ1v) is 11.7. The highest BCUT2D eigenvalue weighted by Gasteiger charge is 2.27. The lowest BCUT2D eigenvalue weighted by molar-refractivity contribution is 0.0751. The molecule has 2 aliphatic rings. The van der Waals surface area contributed by atoms with Crippen LogP contribution >= 0.6 is 11.3 Å². The maximum Gasteiger partial charge on any atom is 0.264 e. The lowest BCUT2D eigenvalue weighted by Gasteiger charge is -2.36. The Kier molecular flexibility index (Phi) is 5.25. The molecule has 0 spiro atoms. The Hall–Kier alpha value is -2.74. The highest BCUT2D eigenvalue weighted by atomic mass is 32.1. The van der Waals surface area contributed by atoms with Crippen LogP contribution in [-0.4, -0.2) is 46.5 Å². The molecule has 0 bridgehead atoms. The number of amides is 1. The molecule has 3 aromatic rings. The lowest BCUT2D eigenvalue weighted by Crippen LogP contribution is -2.48. The third-order valence-electron chi connectivity index (χ3n) is 6.36. The summed E-state index contributed by atoms with van der Waals surface area (Å²) in [5, 5.41) is 0.601. The van der Waals surface area contributed by atoms with Gasteiger partial charge in [0.25, 0.3) is 11.5 Å². The molecule has 0 N–H and O–H groups in total. The number of rotatable bonds is 2. The Bertz CT molecular complexity index is 1190. The minimum absolute atomic E-state index is 0.00386. The number of nitrogens with zero attached hydrogens (tertiary/aromatic N) is 4. The molecule has 1 saturated heterocycles. The minimum Gasteiger partial charge on any atom is -0.368 e. The number of hydrogen-bond donors (Lipinski definition) is 0. The van der Waals surface area contributed by atoms with Crippen molar-refractivity contribution in [3.05, 3.63) is 56.7 Å². The number of anilines is 1. The van der Waals surface area contributed by atoms with Crippen molar-refractivity contribution in [1.82, 2.24) is 14.5 Å². The average molecular weight is 441 g/mol. The molecule has 1 amide bonds. The predicted octanol–water partition coefficient (Wildman–Crippen LogP) is 3.59. The van der Waals surface area contributed by atoms with E-state index in [0.717, 1.165) is 42.8 Å². The second kappa shape index (κ2) is 8.07. The van der Waals surface area contributed by atoms with Crippen molar-refractivity contribution in [2.75, 3.05) is 31.1 Å². The lowest BCUT2D eigenvalue weighted by atomic mass is 10.1. The molecule has 2 aliphatic heterocycles. The molecule has 2 aromatic heterocycles. The van der Waals surface area contributed by atoms with E-state index in [9.17, 15) is 14.0 Å². The van der Waals surface area contributed by atoms with E-state index in [1.54, 1.807) is 12.1 Å². The van der Waals surface area contributed by atoms with Crippen molar-refractivity contribution in [3.63, 3.8) is 0 Å². The minimum atomic E-state index is -0.250. The first kappa shape index (κ1) is 20.2. The molecule has 1 fully saturated rings. The van der Waals surface area contributed by atoms with Crippen LogP contribution in [-0.2, 0) is 13.0 Å². The summed E-state index contributed by atoms with van der Waals surface area (Å²) >= 11 is 1.35. The van der Waals surface area contributed by atoms with Gasteiger partial charge in [-0.15, -0.1) is 11.3 Å². The van der Waals surface area contributed by atoms with E-state index >= 15 is 0 Å². The Morgan fingerprint density at radius 3 is 2.52 bits per heavy atom. The van der Waals surface area contributed by atoms with Crippen LogP contribution in [0.2, 0.25) is 0 Å². The van der Waals surface area contributed by atoms with E-state index in [-0.39, 0.29) is 17.3 Å². The molecule has 0 unspecified atom stereocenters. The monoisotopic (exact) mass is 440 g/mol. The number of aromatic nitrogens is 2. The molecular formula is C23H25FN4O2S. The summed E-state index contributed by atoms with van der Waals surface area (Å²) in [4.78, 5) is 36.5. The highest BCUT2D eigenvalue weighted by molar-refractivity contribution is 7.20. The van der Waals surface area contributed by atoms with Gasteiger partial charge in [0.2, 0.25) is 0 Å². The second-order valence-electron chi connectivity index (χ2n) is 8.29. The molecule has 0 radical (unpaired) electrons. The van der Waals surface area contributed by atoms with Gasteiger partial charge in [-0.25, -0.2) is 9.37 Å². The van der Waals surface area contributed by atoms with Gasteiger partial charge in [0.05, 0.1) is 10.3 Å². The quantitative estimate of drug-likeness (QED) is 0.611. The van der Waals surface area contributed by atoms with Crippen molar-refractivity contribution in [1.29, 1.82) is 0 Å². The first-order valence-electron chi connectivity index (χ1n) is 10.9. The number of carbonyl (C=O) groups is 1. The fourth-order valence-corrected chi connectivity index (χ4v) is 5.74. The van der Waals surface area contributed by atoms with E-state index in [4.69, 9.17) is 4.98 Å². The van der Waals surface area contributed by atoms with Gasteiger partial charge in [0.15, 0.2) is 0 Å². The van der Waals surface area contributed by atoms with E-state index < -0.39 is 0 Å². The zero-order chi connectivity index (χ0) is 21.5. The van der Waals surface area contributed by atoms with E-state index in [2.05, 4.69) is 4.90 Å². The molecule has 0 aliphatic carbocycles. The van der Waals surface area contributed by atoms with Crippen LogP contribution in [0.15, 0.2) is 29.1 Å². The number of benzene rings is 1. The van der Waals surface area contributed by atoms with Crippen LogP contribution in [0.25, 0.3) is 10.2 Å². The molecule has 0 atom stereocenters. The Morgan fingerprint density at radius 1 is 1.03 bits per heavy atom. The standard InChI is InChI=1S/C23H25FN4O2S/c1-15-19-21(25-18-5-3-2-4-10-28(18)22(19)29)31-20(15)23(30)27-13-11-26(12-14-27)17-8-6-16(24)7-9-17/h6-9H,2-5,10-14H2,1H3. The van der Waals surface area contributed by atoms with Gasteiger partial charge in [-0.3, -0.25) is 14.2 Å². The number of aryl methyl sites for hydroxylation is 2. The molecular weight excluding hydrogens is 415 g/mol. The smallest absolute Gasteiger partial charge is 0.264 e. The third kappa shape index (κ3) is 3.63. The number of fused-ring (bicyclic) bond motifs is 2. The maximum atomic E-state index is 13.3. The summed E-state index contributed by atoms with van der Waals surface area (Å²) in [6.07, 6.45) is 3.97. The van der Waals surface area contributed by atoms with Crippen LogP contribution in [0.3, 0.4) is 0 Å². The highest BCUT2D eigenvalue weighted by Crippen LogP contribution is 2.30. The third-order valence-corrected chi connectivity index (χ3v) is 7.54. The molecule has 8 heteroatoms. The van der Waals surface area contributed by atoms with Crippen LogP contribution in [0.5, 0.6) is 0 Å². The SMILES string of the molecule is Cc1c(C(=O)N2CCN(c3ccc(F)cc3)CC2)sc2nc3n(c(=O)c12)CCCCC3. The topological polar surface area (TPSA) is 58.4 Å². The molecule has 0 saturated carbocycles. The van der Waals surface area contributed by atoms with Crippen LogP contribution in [0, 0.1) is 12.7 Å². The summed E-state index contributed by atoms with van der Waals surface area (Å²) in [7, 11) is 0. The average Bonchev–Trinajstić information content (AvgIpc) is 2.95. The number of thiophene rings is 1. The Morgan fingerprint density at radius 2 is 1.77 bits per heavy atom. The van der Waals surface area contributed by atoms with E-state index in [0.29, 0.717) is 47.8 Å². The van der Waals surface area contributed by atoms with Gasteiger partial charge in [-0.05, 0) is 49.6 Å². The van der Waals surface area contributed by atoms with Gasteiger partial charge >= 0.3 is 0 Å². The zero-order valence-corrected chi connectivity index (χ0v) is 18.4. The van der Waals surface area contributed by atoms with E-state index in [1.165, 1.54) is 23.5 Å². The van der Waals surface area contributed by atoms with Gasteiger partial charge in [-0.2, -0.15) is 0 Å². The van der Waals surface area contributed by atoms with Crippen LogP contribution in [0.4, 0.5) is 10.1 Å². The summed E-state index contributed by atoms with van der Waals surface area (Å²) in [5.74, 6) is 0.571. The van der Waals surface area contributed by atoms with Gasteiger partial charge in [-0.1, -0.05) is 6.42 Å². The second-order valence-corrected chi connectivity index (χ2v) is 9.29. The van der Waals surface area contributed by atoms with Crippen molar-refractivity contribution in [2.24, 2.45) is 0 Å². The number of carbonyl (C=O) groups excluding carboxylic acids is 1. The molecule has 1 aromatic carbocycles. The summed E-state index contributed by atoms with van der Waals surface area (Å²) in [5.41, 5.74) is 1.71. The maximum absolute atomic E-state index is 13.3. The Labute approximate surface area is 183 Å². The largest absolute Gasteiger partial charge is 0.368 e. The van der Waals surface area contributed by atoms with Gasteiger partial charge in [0, 0.05) is 44.8 Å². The fraction of sp³-hybridized carbons (Fsp3) is 0.435.